The minimum absolute atomic E-state index is 0.855. The Bertz CT molecular complexity index is 477. The van der Waals surface area contributed by atoms with Crippen LogP contribution in [0.25, 0.3) is 10.9 Å². The van der Waals surface area contributed by atoms with Crippen LogP contribution in [-0.4, -0.2) is 12.1 Å². The van der Waals surface area contributed by atoms with Gasteiger partial charge in [0.25, 0.3) is 0 Å². The molecular weight excluding hydrogens is 174 g/mol. The van der Waals surface area contributed by atoms with Gasteiger partial charge in [0.1, 0.15) is 5.75 Å². The Labute approximate surface area is 83.5 Å². The Hall–Kier alpha value is -1.57. The normalized spacial score (nSPS) is 10.5. The number of benzene rings is 1. The second-order valence-corrected chi connectivity index (χ2v) is 3.45. The van der Waals surface area contributed by atoms with Gasteiger partial charge in [0, 0.05) is 17.1 Å². The molecule has 1 aromatic carbocycles. The first-order valence-electron chi connectivity index (χ1n) is 4.62. The molecule has 0 unspecified atom stereocenters. The van der Waals surface area contributed by atoms with Crippen LogP contribution < -0.4 is 4.74 Å². The fourth-order valence-electron chi connectivity index (χ4n) is 1.48. The van der Waals surface area contributed by atoms with Crippen LogP contribution >= 0.6 is 0 Å². The summed E-state index contributed by atoms with van der Waals surface area (Å²) in [4.78, 5) is 4.50. The molecule has 2 aromatic rings. The van der Waals surface area contributed by atoms with E-state index in [2.05, 4.69) is 18.0 Å². The fraction of sp³-hybridized carbons (Fsp3) is 0.250. The fourth-order valence-corrected chi connectivity index (χ4v) is 1.48. The van der Waals surface area contributed by atoms with E-state index in [0.29, 0.717) is 0 Å². The quantitative estimate of drug-likeness (QED) is 0.684. The van der Waals surface area contributed by atoms with Crippen molar-refractivity contribution in [3.63, 3.8) is 0 Å². The molecule has 0 N–H and O–H groups in total. The molecule has 2 rings (SSSR count). The van der Waals surface area contributed by atoms with Crippen LogP contribution in [0, 0.1) is 13.8 Å². The van der Waals surface area contributed by atoms with Crippen molar-refractivity contribution in [3.8, 4) is 5.75 Å². The van der Waals surface area contributed by atoms with Crippen molar-refractivity contribution in [1.82, 2.24) is 4.98 Å². The highest BCUT2D eigenvalue weighted by Gasteiger charge is 2.00. The van der Waals surface area contributed by atoms with E-state index >= 15 is 0 Å². The van der Waals surface area contributed by atoms with Crippen LogP contribution in [0.3, 0.4) is 0 Å². The van der Waals surface area contributed by atoms with Crippen LogP contribution in [-0.2, 0) is 0 Å². The summed E-state index contributed by atoms with van der Waals surface area (Å²) >= 11 is 0. The third-order valence-electron chi connectivity index (χ3n) is 2.47. The lowest BCUT2D eigenvalue weighted by Crippen LogP contribution is -1.89. The van der Waals surface area contributed by atoms with Crippen molar-refractivity contribution in [3.05, 3.63) is 35.5 Å². The first kappa shape index (κ1) is 9.00. The molecule has 0 aliphatic heterocycles. The molecule has 0 amide bonds. The highest BCUT2D eigenvalue weighted by Crippen LogP contribution is 2.20. The molecule has 0 aliphatic rings. The van der Waals surface area contributed by atoms with Gasteiger partial charge in [-0.15, -0.1) is 0 Å². The maximum Gasteiger partial charge on any atom is 0.121 e. The molecule has 1 aromatic heterocycles. The van der Waals surface area contributed by atoms with Gasteiger partial charge in [-0.25, -0.2) is 0 Å². The third-order valence-corrected chi connectivity index (χ3v) is 2.47. The molecule has 0 radical (unpaired) electrons. The van der Waals surface area contributed by atoms with Gasteiger partial charge in [-0.05, 0) is 37.6 Å². The standard InChI is InChI=1S/C12H13NO/c1-8-6-10-4-5-11(14-3)7-12(10)13-9(8)2/h4-7H,1-3H3. The highest BCUT2D eigenvalue weighted by atomic mass is 16.5. The smallest absolute Gasteiger partial charge is 0.121 e. The van der Waals surface area contributed by atoms with Gasteiger partial charge < -0.3 is 4.74 Å². The van der Waals surface area contributed by atoms with Gasteiger partial charge in [0.05, 0.1) is 12.6 Å². The minimum Gasteiger partial charge on any atom is -0.497 e. The van der Waals surface area contributed by atoms with Gasteiger partial charge in [-0.2, -0.15) is 0 Å². The summed E-state index contributed by atoms with van der Waals surface area (Å²) < 4.78 is 5.15. The topological polar surface area (TPSA) is 22.1 Å². The van der Waals surface area contributed by atoms with Crippen LogP contribution in [0.15, 0.2) is 24.3 Å². The third kappa shape index (κ3) is 1.43. The number of aryl methyl sites for hydroxylation is 2. The number of rotatable bonds is 1. The van der Waals surface area contributed by atoms with Crippen molar-refractivity contribution in [2.45, 2.75) is 13.8 Å². The number of pyridine rings is 1. The summed E-state index contributed by atoms with van der Waals surface area (Å²) in [6.07, 6.45) is 0. The van der Waals surface area contributed by atoms with E-state index in [0.717, 1.165) is 22.3 Å². The Balaban J connectivity index is 2.70. The average molecular weight is 187 g/mol. The minimum atomic E-state index is 0.855. The van der Waals surface area contributed by atoms with E-state index in [1.54, 1.807) is 7.11 Å². The Kier molecular flexibility index (Phi) is 2.12. The van der Waals surface area contributed by atoms with Crippen molar-refractivity contribution >= 4 is 10.9 Å². The number of hydrogen-bond donors (Lipinski definition) is 0. The average Bonchev–Trinajstić information content (AvgIpc) is 2.19. The zero-order valence-electron chi connectivity index (χ0n) is 8.66. The summed E-state index contributed by atoms with van der Waals surface area (Å²) in [6, 6.07) is 8.10. The maximum absolute atomic E-state index is 5.15. The SMILES string of the molecule is COc1ccc2cc(C)c(C)nc2c1. The monoisotopic (exact) mass is 187 g/mol. The van der Waals surface area contributed by atoms with E-state index in [1.807, 2.05) is 25.1 Å². The Morgan fingerprint density at radius 2 is 1.93 bits per heavy atom. The Morgan fingerprint density at radius 1 is 1.14 bits per heavy atom. The van der Waals surface area contributed by atoms with E-state index < -0.39 is 0 Å². The van der Waals surface area contributed by atoms with Crippen molar-refractivity contribution in [2.75, 3.05) is 7.11 Å². The van der Waals surface area contributed by atoms with E-state index in [9.17, 15) is 0 Å². The predicted octanol–water partition coefficient (Wildman–Crippen LogP) is 2.86. The molecule has 0 spiro atoms. The molecule has 72 valence electrons. The van der Waals surface area contributed by atoms with Crippen molar-refractivity contribution in [2.24, 2.45) is 0 Å². The van der Waals surface area contributed by atoms with Crippen LogP contribution in [0.4, 0.5) is 0 Å². The zero-order chi connectivity index (χ0) is 10.1. The number of fused-ring (bicyclic) bond motifs is 1. The number of hydrogen-bond acceptors (Lipinski definition) is 2. The van der Waals surface area contributed by atoms with Crippen LogP contribution in [0.1, 0.15) is 11.3 Å². The summed E-state index contributed by atoms with van der Waals surface area (Å²) in [7, 11) is 1.67. The van der Waals surface area contributed by atoms with Crippen molar-refractivity contribution < 1.29 is 4.74 Å². The largest absolute Gasteiger partial charge is 0.497 e. The predicted molar refractivity (Wildman–Crippen MR) is 57.8 cm³/mol. The Morgan fingerprint density at radius 3 is 2.64 bits per heavy atom. The van der Waals surface area contributed by atoms with Crippen LogP contribution in [0.2, 0.25) is 0 Å². The molecule has 1 heterocycles. The second-order valence-electron chi connectivity index (χ2n) is 3.45. The van der Waals surface area contributed by atoms with Gasteiger partial charge >= 0.3 is 0 Å². The van der Waals surface area contributed by atoms with E-state index in [1.165, 1.54) is 5.56 Å². The van der Waals surface area contributed by atoms with Gasteiger partial charge in [0.15, 0.2) is 0 Å². The number of ether oxygens (including phenoxy) is 1. The first-order chi connectivity index (χ1) is 6.70. The second kappa shape index (κ2) is 3.29. The molecule has 14 heavy (non-hydrogen) atoms. The molecule has 0 saturated carbocycles. The summed E-state index contributed by atoms with van der Waals surface area (Å²) in [6.45, 7) is 4.10. The molecule has 2 heteroatoms. The molecule has 2 nitrogen and oxygen atoms in total. The molecule has 0 atom stereocenters. The van der Waals surface area contributed by atoms with Gasteiger partial charge in [-0.1, -0.05) is 0 Å². The molecule has 0 aliphatic carbocycles. The number of nitrogens with zero attached hydrogens (tertiary/aromatic N) is 1. The number of aromatic nitrogens is 1. The highest BCUT2D eigenvalue weighted by molar-refractivity contribution is 5.80. The lowest BCUT2D eigenvalue weighted by Gasteiger charge is -2.04. The summed E-state index contributed by atoms with van der Waals surface area (Å²) in [5.41, 5.74) is 3.29. The lowest BCUT2D eigenvalue weighted by molar-refractivity contribution is 0.415. The molecule has 0 fully saturated rings. The molecule has 0 bridgehead atoms. The van der Waals surface area contributed by atoms with E-state index in [4.69, 9.17) is 4.74 Å². The van der Waals surface area contributed by atoms with Gasteiger partial charge in [-0.3, -0.25) is 4.98 Å². The van der Waals surface area contributed by atoms with E-state index in [-0.39, 0.29) is 0 Å². The van der Waals surface area contributed by atoms with Crippen molar-refractivity contribution in [1.29, 1.82) is 0 Å². The summed E-state index contributed by atoms with van der Waals surface area (Å²) in [5, 5.41) is 1.16. The summed E-state index contributed by atoms with van der Waals surface area (Å²) in [5.74, 6) is 0.855. The van der Waals surface area contributed by atoms with Gasteiger partial charge in [0.2, 0.25) is 0 Å². The first-order valence-corrected chi connectivity index (χ1v) is 4.62. The zero-order valence-corrected chi connectivity index (χ0v) is 8.66. The van der Waals surface area contributed by atoms with Crippen LogP contribution in [0.5, 0.6) is 5.75 Å². The lowest BCUT2D eigenvalue weighted by atomic mass is 10.1. The molecule has 0 saturated heterocycles. The molecular formula is C12H13NO. The maximum atomic E-state index is 5.15. The number of methoxy groups -OCH3 is 1.